The summed E-state index contributed by atoms with van der Waals surface area (Å²) in [4.78, 5) is 16.4. The second kappa shape index (κ2) is 5.40. The molecule has 6 heteroatoms. The summed E-state index contributed by atoms with van der Waals surface area (Å²) in [6.07, 6.45) is 1.67. The summed E-state index contributed by atoms with van der Waals surface area (Å²) in [7, 11) is 0. The van der Waals surface area contributed by atoms with E-state index in [2.05, 4.69) is 15.4 Å². The molecule has 3 aromatic rings. The summed E-state index contributed by atoms with van der Waals surface area (Å²) < 4.78 is 7.29. The van der Waals surface area contributed by atoms with Gasteiger partial charge in [0.2, 0.25) is 11.8 Å². The third-order valence-corrected chi connectivity index (χ3v) is 3.28. The first-order chi connectivity index (χ1) is 10.1. The molecule has 0 radical (unpaired) electrons. The fourth-order valence-corrected chi connectivity index (χ4v) is 2.12. The molecule has 0 fully saturated rings. The Balaban J connectivity index is 1.69. The van der Waals surface area contributed by atoms with Gasteiger partial charge in [0.1, 0.15) is 18.1 Å². The number of amides is 1. The molecule has 0 spiro atoms. The fraction of sp³-hybridized carbons (Fsp3) is 0.267. The molecule has 0 bridgehead atoms. The van der Waals surface area contributed by atoms with E-state index in [1.165, 1.54) is 0 Å². The molecule has 1 N–H and O–H groups in total. The summed E-state index contributed by atoms with van der Waals surface area (Å²) in [6.45, 7) is 3.94. The van der Waals surface area contributed by atoms with Crippen molar-refractivity contribution in [1.82, 2.24) is 20.1 Å². The predicted octanol–water partition coefficient (Wildman–Crippen LogP) is 2.21. The summed E-state index contributed by atoms with van der Waals surface area (Å²) in [6, 6.07) is 9.09. The molecule has 0 aliphatic heterocycles. The highest BCUT2D eigenvalue weighted by Crippen LogP contribution is 2.19. The van der Waals surface area contributed by atoms with Crippen LogP contribution in [-0.4, -0.2) is 20.7 Å². The highest BCUT2D eigenvalue weighted by Gasteiger charge is 2.16. The second-order valence-electron chi connectivity index (χ2n) is 4.94. The van der Waals surface area contributed by atoms with Crippen LogP contribution >= 0.6 is 0 Å². The molecular formula is C15H16N4O2. The molecule has 1 unspecified atom stereocenters. The van der Waals surface area contributed by atoms with Gasteiger partial charge in [-0.2, -0.15) is 5.10 Å². The maximum atomic E-state index is 12.0. The Labute approximate surface area is 121 Å². The number of oxazole rings is 1. The molecular weight excluding hydrogens is 268 g/mol. The molecule has 6 nitrogen and oxygen atoms in total. The van der Waals surface area contributed by atoms with Gasteiger partial charge in [0.15, 0.2) is 5.58 Å². The van der Waals surface area contributed by atoms with Crippen molar-refractivity contribution in [3.63, 3.8) is 0 Å². The number of hydrogen-bond acceptors (Lipinski definition) is 4. The lowest BCUT2D eigenvalue weighted by molar-refractivity contribution is -0.122. The molecule has 0 aliphatic carbocycles. The van der Waals surface area contributed by atoms with E-state index < -0.39 is 0 Å². The Bertz CT molecular complexity index is 742. The molecule has 2 heterocycles. The Kier molecular flexibility index (Phi) is 3.43. The number of aromatic nitrogens is 3. The molecule has 1 aromatic carbocycles. The molecule has 0 saturated heterocycles. The van der Waals surface area contributed by atoms with Gasteiger partial charge in [0.05, 0.1) is 0 Å². The lowest BCUT2D eigenvalue weighted by Gasteiger charge is -2.11. The maximum absolute atomic E-state index is 12.0. The van der Waals surface area contributed by atoms with Gasteiger partial charge >= 0.3 is 0 Å². The van der Waals surface area contributed by atoms with Crippen LogP contribution in [0, 0.1) is 6.92 Å². The Hall–Kier alpha value is -2.63. The maximum Gasteiger partial charge on any atom is 0.242 e. The molecule has 1 amide bonds. The van der Waals surface area contributed by atoms with E-state index in [4.69, 9.17) is 4.42 Å². The molecule has 0 saturated carbocycles. The molecule has 108 valence electrons. The van der Waals surface area contributed by atoms with Crippen LogP contribution in [0.15, 0.2) is 40.9 Å². The Morgan fingerprint density at radius 2 is 2.19 bits per heavy atom. The van der Waals surface area contributed by atoms with E-state index in [0.29, 0.717) is 5.89 Å². The molecule has 3 rings (SSSR count). The lowest BCUT2D eigenvalue weighted by Crippen LogP contribution is -2.30. The number of aryl methyl sites for hydroxylation is 1. The van der Waals surface area contributed by atoms with Crippen LogP contribution in [-0.2, 0) is 11.3 Å². The van der Waals surface area contributed by atoms with E-state index in [1.54, 1.807) is 10.9 Å². The smallest absolute Gasteiger partial charge is 0.242 e. The topological polar surface area (TPSA) is 73.0 Å². The number of para-hydroxylation sites is 2. The lowest BCUT2D eigenvalue weighted by atomic mass is 10.3. The van der Waals surface area contributed by atoms with E-state index in [0.717, 1.165) is 16.8 Å². The number of nitrogens with zero attached hydrogens (tertiary/aromatic N) is 3. The number of fused-ring (bicyclic) bond motifs is 1. The van der Waals surface area contributed by atoms with Crippen molar-refractivity contribution in [2.24, 2.45) is 0 Å². The average Bonchev–Trinajstić information content (AvgIpc) is 3.05. The quantitative estimate of drug-likeness (QED) is 0.797. The van der Waals surface area contributed by atoms with Gasteiger partial charge in [-0.15, -0.1) is 0 Å². The first-order valence-electron chi connectivity index (χ1n) is 6.77. The average molecular weight is 284 g/mol. The number of rotatable bonds is 4. The fourth-order valence-electron chi connectivity index (χ4n) is 2.12. The zero-order chi connectivity index (χ0) is 14.8. The summed E-state index contributed by atoms with van der Waals surface area (Å²) in [5, 5.41) is 6.95. The first-order valence-corrected chi connectivity index (χ1v) is 6.77. The number of nitrogens with one attached hydrogen (secondary N) is 1. The summed E-state index contributed by atoms with van der Waals surface area (Å²) in [5.74, 6) is 0.373. The van der Waals surface area contributed by atoms with Gasteiger partial charge in [-0.05, 0) is 32.0 Å². The van der Waals surface area contributed by atoms with Gasteiger partial charge < -0.3 is 9.73 Å². The van der Waals surface area contributed by atoms with Gasteiger partial charge in [-0.3, -0.25) is 9.48 Å². The Morgan fingerprint density at radius 3 is 2.90 bits per heavy atom. The van der Waals surface area contributed by atoms with Gasteiger partial charge in [0, 0.05) is 11.9 Å². The highest BCUT2D eigenvalue weighted by atomic mass is 16.3. The van der Waals surface area contributed by atoms with Crippen molar-refractivity contribution in [2.75, 3.05) is 0 Å². The van der Waals surface area contributed by atoms with Gasteiger partial charge in [-0.1, -0.05) is 12.1 Å². The summed E-state index contributed by atoms with van der Waals surface area (Å²) >= 11 is 0. The van der Waals surface area contributed by atoms with Crippen LogP contribution in [0.25, 0.3) is 11.1 Å². The number of hydrogen-bond donors (Lipinski definition) is 1. The Morgan fingerprint density at radius 1 is 1.38 bits per heavy atom. The minimum absolute atomic E-state index is 0.128. The molecule has 21 heavy (non-hydrogen) atoms. The van der Waals surface area contributed by atoms with E-state index >= 15 is 0 Å². The van der Waals surface area contributed by atoms with Crippen LogP contribution in [0.5, 0.6) is 0 Å². The SMILES string of the molecule is Cc1ccnn1CC(=O)NC(C)c1nc2ccccc2o1. The number of carbonyl (C=O) groups is 1. The normalized spacial score (nSPS) is 12.5. The number of benzene rings is 1. The van der Waals surface area contributed by atoms with E-state index in [1.807, 2.05) is 44.2 Å². The van der Waals surface area contributed by atoms with Crippen LogP contribution in [0.1, 0.15) is 24.6 Å². The third kappa shape index (κ3) is 2.79. The first kappa shape index (κ1) is 13.4. The zero-order valence-electron chi connectivity index (χ0n) is 11.9. The highest BCUT2D eigenvalue weighted by molar-refractivity contribution is 5.76. The van der Waals surface area contributed by atoms with Gasteiger partial charge in [-0.25, -0.2) is 4.98 Å². The van der Waals surface area contributed by atoms with Crippen molar-refractivity contribution in [1.29, 1.82) is 0 Å². The standard InChI is InChI=1S/C15H16N4O2/c1-10-7-8-16-19(10)9-14(20)17-11(2)15-18-12-5-3-4-6-13(12)21-15/h3-8,11H,9H2,1-2H3,(H,17,20). The zero-order valence-corrected chi connectivity index (χ0v) is 11.9. The predicted molar refractivity (Wildman–Crippen MR) is 77.5 cm³/mol. The van der Waals surface area contributed by atoms with Crippen LogP contribution in [0.2, 0.25) is 0 Å². The monoisotopic (exact) mass is 284 g/mol. The van der Waals surface area contributed by atoms with Crippen LogP contribution in [0.3, 0.4) is 0 Å². The van der Waals surface area contributed by atoms with Crippen molar-refractivity contribution in [3.8, 4) is 0 Å². The minimum Gasteiger partial charge on any atom is -0.438 e. The van der Waals surface area contributed by atoms with Crippen LogP contribution < -0.4 is 5.32 Å². The van der Waals surface area contributed by atoms with Crippen molar-refractivity contribution < 1.29 is 9.21 Å². The van der Waals surface area contributed by atoms with Gasteiger partial charge in [0.25, 0.3) is 0 Å². The molecule has 1 atom stereocenters. The number of carbonyl (C=O) groups excluding carboxylic acids is 1. The van der Waals surface area contributed by atoms with Crippen molar-refractivity contribution in [2.45, 2.75) is 26.4 Å². The van der Waals surface area contributed by atoms with Crippen LogP contribution in [0.4, 0.5) is 0 Å². The van der Waals surface area contributed by atoms with E-state index in [-0.39, 0.29) is 18.5 Å². The largest absolute Gasteiger partial charge is 0.438 e. The summed E-state index contributed by atoms with van der Waals surface area (Å²) in [5.41, 5.74) is 2.45. The van der Waals surface area contributed by atoms with E-state index in [9.17, 15) is 4.79 Å². The second-order valence-corrected chi connectivity index (χ2v) is 4.94. The molecule has 0 aliphatic rings. The van der Waals surface area contributed by atoms with Crippen molar-refractivity contribution >= 4 is 17.0 Å². The van der Waals surface area contributed by atoms with Crippen molar-refractivity contribution in [3.05, 3.63) is 48.1 Å². The third-order valence-electron chi connectivity index (χ3n) is 3.28. The molecule has 2 aromatic heterocycles. The minimum atomic E-state index is -0.291.